The van der Waals surface area contributed by atoms with E-state index in [0.717, 1.165) is 19.4 Å². The van der Waals surface area contributed by atoms with E-state index in [2.05, 4.69) is 0 Å². The standard InChI is InChI=1S/C10H18N2O3/c1-2-15-10(14)8-4-3-6-12(8)7-5-9(11)13/h8H,2-7H2,1H3,(H2,11,13). The average Bonchev–Trinajstić information content (AvgIpc) is 2.62. The fraction of sp³-hybridized carbons (Fsp3) is 0.800. The van der Waals surface area contributed by atoms with E-state index in [-0.39, 0.29) is 17.9 Å². The van der Waals surface area contributed by atoms with Crippen molar-refractivity contribution in [3.05, 3.63) is 0 Å². The Hall–Kier alpha value is -1.10. The summed E-state index contributed by atoms with van der Waals surface area (Å²) in [5.74, 6) is -0.510. The van der Waals surface area contributed by atoms with Gasteiger partial charge >= 0.3 is 5.97 Å². The largest absolute Gasteiger partial charge is 0.465 e. The van der Waals surface area contributed by atoms with Gasteiger partial charge in [0.05, 0.1) is 6.61 Å². The lowest BCUT2D eigenvalue weighted by molar-refractivity contribution is -0.148. The summed E-state index contributed by atoms with van der Waals surface area (Å²) >= 11 is 0. The highest BCUT2D eigenvalue weighted by Gasteiger charge is 2.31. The molecule has 0 aliphatic carbocycles. The SMILES string of the molecule is CCOC(=O)C1CCCN1CCC(N)=O. The van der Waals surface area contributed by atoms with Crippen LogP contribution < -0.4 is 5.73 Å². The van der Waals surface area contributed by atoms with Gasteiger partial charge in [0.15, 0.2) is 0 Å². The molecule has 2 N–H and O–H groups in total. The summed E-state index contributed by atoms with van der Waals surface area (Å²) in [7, 11) is 0. The molecule has 0 spiro atoms. The van der Waals surface area contributed by atoms with Crippen molar-refractivity contribution in [2.24, 2.45) is 5.73 Å². The maximum atomic E-state index is 11.5. The zero-order chi connectivity index (χ0) is 11.3. The number of hydrogen-bond donors (Lipinski definition) is 1. The Bertz CT molecular complexity index is 243. The molecule has 0 radical (unpaired) electrons. The van der Waals surface area contributed by atoms with Gasteiger partial charge in [0.2, 0.25) is 5.91 Å². The molecule has 1 fully saturated rings. The van der Waals surface area contributed by atoms with Crippen molar-refractivity contribution >= 4 is 11.9 Å². The molecule has 0 aromatic rings. The lowest BCUT2D eigenvalue weighted by Crippen LogP contribution is -2.39. The van der Waals surface area contributed by atoms with Crippen molar-refractivity contribution in [3.63, 3.8) is 0 Å². The number of primary amides is 1. The number of carbonyl (C=O) groups is 2. The van der Waals surface area contributed by atoms with Gasteiger partial charge in [-0.3, -0.25) is 14.5 Å². The molecule has 1 amide bonds. The molecule has 1 saturated heterocycles. The summed E-state index contributed by atoms with van der Waals surface area (Å²) < 4.78 is 4.97. The van der Waals surface area contributed by atoms with Crippen LogP contribution >= 0.6 is 0 Å². The minimum atomic E-state index is -0.329. The van der Waals surface area contributed by atoms with Crippen LogP contribution in [0.5, 0.6) is 0 Å². The van der Waals surface area contributed by atoms with Gasteiger partial charge in [0.25, 0.3) is 0 Å². The maximum Gasteiger partial charge on any atom is 0.323 e. The van der Waals surface area contributed by atoms with Gasteiger partial charge in [0.1, 0.15) is 6.04 Å². The molecule has 0 bridgehead atoms. The predicted octanol–water partition coefficient (Wildman–Crippen LogP) is -0.111. The highest BCUT2D eigenvalue weighted by molar-refractivity contribution is 5.76. The van der Waals surface area contributed by atoms with Crippen LogP contribution in [0, 0.1) is 0 Å². The van der Waals surface area contributed by atoms with Crippen LogP contribution in [0.4, 0.5) is 0 Å². The van der Waals surface area contributed by atoms with Gasteiger partial charge < -0.3 is 10.5 Å². The molecular formula is C10H18N2O3. The first-order valence-electron chi connectivity index (χ1n) is 5.34. The topological polar surface area (TPSA) is 72.6 Å². The van der Waals surface area contributed by atoms with Crippen LogP contribution in [0.3, 0.4) is 0 Å². The molecular weight excluding hydrogens is 196 g/mol. The first-order valence-corrected chi connectivity index (χ1v) is 5.34. The number of ether oxygens (including phenoxy) is 1. The lowest BCUT2D eigenvalue weighted by atomic mass is 10.2. The second kappa shape index (κ2) is 5.70. The molecule has 15 heavy (non-hydrogen) atoms. The maximum absolute atomic E-state index is 11.5. The predicted molar refractivity (Wildman–Crippen MR) is 55.0 cm³/mol. The van der Waals surface area contributed by atoms with E-state index in [0.29, 0.717) is 19.6 Å². The highest BCUT2D eigenvalue weighted by atomic mass is 16.5. The minimum absolute atomic E-state index is 0.177. The Balaban J connectivity index is 2.42. The fourth-order valence-electron chi connectivity index (χ4n) is 1.85. The van der Waals surface area contributed by atoms with Crippen LogP contribution in [0.15, 0.2) is 0 Å². The number of hydrogen-bond acceptors (Lipinski definition) is 4. The van der Waals surface area contributed by atoms with Crippen molar-refractivity contribution in [1.82, 2.24) is 4.90 Å². The number of rotatable bonds is 5. The number of nitrogens with zero attached hydrogens (tertiary/aromatic N) is 1. The van der Waals surface area contributed by atoms with E-state index < -0.39 is 0 Å². The molecule has 1 aliphatic heterocycles. The molecule has 1 aliphatic rings. The van der Waals surface area contributed by atoms with Crippen molar-refractivity contribution < 1.29 is 14.3 Å². The summed E-state index contributed by atoms with van der Waals surface area (Å²) in [5.41, 5.74) is 5.07. The zero-order valence-corrected chi connectivity index (χ0v) is 9.07. The number of amides is 1. The van der Waals surface area contributed by atoms with Gasteiger partial charge in [0, 0.05) is 13.0 Å². The monoisotopic (exact) mass is 214 g/mol. The first-order chi connectivity index (χ1) is 7.15. The van der Waals surface area contributed by atoms with Crippen molar-refractivity contribution in [1.29, 1.82) is 0 Å². The third-order valence-electron chi connectivity index (χ3n) is 2.57. The molecule has 0 saturated carbocycles. The fourth-order valence-corrected chi connectivity index (χ4v) is 1.85. The summed E-state index contributed by atoms with van der Waals surface area (Å²) in [4.78, 5) is 24.1. The van der Waals surface area contributed by atoms with Crippen LogP contribution in [-0.4, -0.2) is 42.5 Å². The molecule has 0 aromatic heterocycles. The Labute approximate surface area is 89.6 Å². The van der Waals surface area contributed by atoms with E-state index in [1.165, 1.54) is 0 Å². The Morgan fingerprint density at radius 3 is 2.87 bits per heavy atom. The number of esters is 1. The van der Waals surface area contributed by atoms with Crippen molar-refractivity contribution in [3.8, 4) is 0 Å². The Kier molecular flexibility index (Phi) is 4.55. The normalized spacial score (nSPS) is 21.5. The molecule has 1 atom stereocenters. The quantitative estimate of drug-likeness (QED) is 0.648. The summed E-state index contributed by atoms with van der Waals surface area (Å²) in [6.07, 6.45) is 2.09. The number of carbonyl (C=O) groups excluding carboxylic acids is 2. The zero-order valence-electron chi connectivity index (χ0n) is 9.07. The van der Waals surface area contributed by atoms with Crippen LogP contribution in [-0.2, 0) is 14.3 Å². The molecule has 1 heterocycles. The second-order valence-corrected chi connectivity index (χ2v) is 3.66. The molecule has 0 aromatic carbocycles. The third kappa shape index (κ3) is 3.51. The van der Waals surface area contributed by atoms with Crippen molar-refractivity contribution in [2.45, 2.75) is 32.2 Å². The van der Waals surface area contributed by atoms with Crippen molar-refractivity contribution in [2.75, 3.05) is 19.7 Å². The second-order valence-electron chi connectivity index (χ2n) is 3.66. The molecule has 1 unspecified atom stereocenters. The third-order valence-corrected chi connectivity index (χ3v) is 2.57. The van der Waals surface area contributed by atoms with Gasteiger partial charge in [-0.05, 0) is 26.3 Å². The lowest BCUT2D eigenvalue weighted by Gasteiger charge is -2.21. The minimum Gasteiger partial charge on any atom is -0.465 e. The van der Waals surface area contributed by atoms with Crippen LogP contribution in [0.2, 0.25) is 0 Å². The molecule has 1 rings (SSSR count). The summed E-state index contributed by atoms with van der Waals surface area (Å²) in [6.45, 7) is 3.59. The number of likely N-dealkylation sites (tertiary alicyclic amines) is 1. The smallest absolute Gasteiger partial charge is 0.323 e. The first kappa shape index (κ1) is 12.0. The average molecular weight is 214 g/mol. The van der Waals surface area contributed by atoms with Gasteiger partial charge in [-0.25, -0.2) is 0 Å². The number of nitrogens with two attached hydrogens (primary N) is 1. The Morgan fingerprint density at radius 1 is 1.53 bits per heavy atom. The van der Waals surface area contributed by atoms with Crippen LogP contribution in [0.25, 0.3) is 0 Å². The van der Waals surface area contributed by atoms with E-state index in [9.17, 15) is 9.59 Å². The molecule has 86 valence electrons. The highest BCUT2D eigenvalue weighted by Crippen LogP contribution is 2.18. The Morgan fingerprint density at radius 2 is 2.27 bits per heavy atom. The van der Waals surface area contributed by atoms with E-state index in [1.807, 2.05) is 4.90 Å². The van der Waals surface area contributed by atoms with E-state index >= 15 is 0 Å². The van der Waals surface area contributed by atoms with Gasteiger partial charge in [-0.2, -0.15) is 0 Å². The van der Waals surface area contributed by atoms with E-state index in [1.54, 1.807) is 6.92 Å². The van der Waals surface area contributed by atoms with E-state index in [4.69, 9.17) is 10.5 Å². The molecule has 5 nitrogen and oxygen atoms in total. The van der Waals surface area contributed by atoms with Gasteiger partial charge in [-0.15, -0.1) is 0 Å². The summed E-state index contributed by atoms with van der Waals surface area (Å²) in [5, 5.41) is 0. The van der Waals surface area contributed by atoms with Crippen LogP contribution in [0.1, 0.15) is 26.2 Å². The summed E-state index contributed by atoms with van der Waals surface area (Å²) in [6, 6.07) is -0.177. The van der Waals surface area contributed by atoms with Gasteiger partial charge in [-0.1, -0.05) is 0 Å². The molecule has 5 heteroatoms.